The van der Waals surface area contributed by atoms with E-state index >= 15 is 0 Å². The number of carboxylic acid groups (broad SMARTS) is 1. The summed E-state index contributed by atoms with van der Waals surface area (Å²) < 4.78 is 0. The first kappa shape index (κ1) is 14.8. The molecule has 1 rings (SSSR count). The average Bonchev–Trinajstić information content (AvgIpc) is 2.65. The molecule has 18 heavy (non-hydrogen) atoms. The topological polar surface area (TPSA) is 60.9 Å². The van der Waals surface area contributed by atoms with Gasteiger partial charge in [-0.05, 0) is 40.0 Å². The van der Waals surface area contributed by atoms with Crippen LogP contribution in [-0.4, -0.2) is 51.6 Å². The number of carboxylic acids is 1. The predicted octanol–water partition coefficient (Wildman–Crippen LogP) is 2.16. The van der Waals surface area contributed by atoms with E-state index in [0.717, 1.165) is 19.3 Å². The lowest BCUT2D eigenvalue weighted by Crippen LogP contribution is -2.51. The Labute approximate surface area is 109 Å². The molecular weight excluding hydrogens is 232 g/mol. The Morgan fingerprint density at radius 3 is 2.44 bits per heavy atom. The molecule has 5 nitrogen and oxygen atoms in total. The fourth-order valence-corrected chi connectivity index (χ4v) is 2.58. The fraction of sp³-hybridized carbons (Fsp3) is 0.846. The van der Waals surface area contributed by atoms with Gasteiger partial charge in [-0.2, -0.15) is 0 Å². The van der Waals surface area contributed by atoms with Gasteiger partial charge < -0.3 is 14.9 Å². The van der Waals surface area contributed by atoms with Crippen LogP contribution in [0.25, 0.3) is 0 Å². The summed E-state index contributed by atoms with van der Waals surface area (Å²) in [6.07, 6.45) is 2.95. The van der Waals surface area contributed by atoms with Crippen molar-refractivity contribution in [2.75, 3.05) is 6.54 Å². The van der Waals surface area contributed by atoms with Crippen molar-refractivity contribution in [1.29, 1.82) is 0 Å². The maximum atomic E-state index is 12.5. The minimum atomic E-state index is -0.961. The van der Waals surface area contributed by atoms with Gasteiger partial charge in [-0.3, -0.25) is 4.79 Å². The average molecular weight is 256 g/mol. The van der Waals surface area contributed by atoms with Crippen LogP contribution in [-0.2, 0) is 4.79 Å². The standard InChI is InChI=1S/C13H24N2O3/c1-5-11-7-6-10(4)15(11)13(18)14(9(2)3)8-12(16)17/h9-11H,5-8H2,1-4H3,(H,16,17). The van der Waals surface area contributed by atoms with E-state index in [9.17, 15) is 9.59 Å². The van der Waals surface area contributed by atoms with Gasteiger partial charge in [-0.15, -0.1) is 0 Å². The molecule has 0 aromatic carbocycles. The van der Waals surface area contributed by atoms with Crippen molar-refractivity contribution in [3.8, 4) is 0 Å². The molecule has 0 aromatic rings. The molecule has 0 aliphatic carbocycles. The molecule has 2 atom stereocenters. The van der Waals surface area contributed by atoms with Crippen LogP contribution in [0.3, 0.4) is 0 Å². The summed E-state index contributed by atoms with van der Waals surface area (Å²) in [5, 5.41) is 8.90. The number of carbonyl (C=O) groups excluding carboxylic acids is 1. The fourth-order valence-electron chi connectivity index (χ4n) is 2.58. The summed E-state index contributed by atoms with van der Waals surface area (Å²) in [6, 6.07) is 0.225. The highest BCUT2D eigenvalue weighted by Crippen LogP contribution is 2.27. The molecule has 1 N–H and O–H groups in total. The molecule has 104 valence electrons. The van der Waals surface area contributed by atoms with Crippen molar-refractivity contribution in [1.82, 2.24) is 9.80 Å². The van der Waals surface area contributed by atoms with Crippen LogP contribution in [0.4, 0.5) is 4.79 Å². The SMILES string of the molecule is CCC1CCC(C)N1C(=O)N(CC(=O)O)C(C)C. The Morgan fingerprint density at radius 1 is 1.39 bits per heavy atom. The number of urea groups is 1. The van der Waals surface area contributed by atoms with Gasteiger partial charge in [0.15, 0.2) is 0 Å². The summed E-state index contributed by atoms with van der Waals surface area (Å²) in [4.78, 5) is 26.6. The lowest BCUT2D eigenvalue weighted by atomic mass is 10.1. The monoisotopic (exact) mass is 256 g/mol. The van der Waals surface area contributed by atoms with Gasteiger partial charge in [-0.25, -0.2) is 4.79 Å². The highest BCUT2D eigenvalue weighted by Gasteiger charge is 2.36. The van der Waals surface area contributed by atoms with E-state index in [-0.39, 0.29) is 30.7 Å². The van der Waals surface area contributed by atoms with E-state index in [1.165, 1.54) is 4.90 Å². The van der Waals surface area contributed by atoms with E-state index in [1.54, 1.807) is 0 Å². The van der Waals surface area contributed by atoms with Crippen LogP contribution in [0.5, 0.6) is 0 Å². The van der Waals surface area contributed by atoms with Gasteiger partial charge in [-0.1, -0.05) is 6.92 Å². The summed E-state index contributed by atoms with van der Waals surface area (Å²) in [5.41, 5.74) is 0. The van der Waals surface area contributed by atoms with Gasteiger partial charge in [0.2, 0.25) is 0 Å². The summed E-state index contributed by atoms with van der Waals surface area (Å²) in [7, 11) is 0. The first-order chi connectivity index (χ1) is 8.38. The molecule has 1 saturated heterocycles. The third kappa shape index (κ3) is 3.15. The summed E-state index contributed by atoms with van der Waals surface area (Å²) >= 11 is 0. The Morgan fingerprint density at radius 2 is 2.00 bits per heavy atom. The largest absolute Gasteiger partial charge is 0.480 e. The highest BCUT2D eigenvalue weighted by molar-refractivity contribution is 5.81. The second kappa shape index (κ2) is 6.07. The maximum Gasteiger partial charge on any atom is 0.323 e. The molecule has 1 heterocycles. The number of rotatable bonds is 4. The van der Waals surface area contributed by atoms with Crippen LogP contribution in [0.15, 0.2) is 0 Å². The van der Waals surface area contributed by atoms with Gasteiger partial charge >= 0.3 is 12.0 Å². The molecule has 2 amide bonds. The molecule has 0 bridgehead atoms. The second-order valence-corrected chi connectivity index (χ2v) is 5.29. The zero-order valence-electron chi connectivity index (χ0n) is 11.7. The van der Waals surface area contributed by atoms with Crippen molar-refractivity contribution < 1.29 is 14.7 Å². The van der Waals surface area contributed by atoms with E-state index in [0.29, 0.717) is 0 Å². The molecule has 1 aliphatic heterocycles. The number of likely N-dealkylation sites (tertiary alicyclic amines) is 1. The third-order valence-corrected chi connectivity index (χ3v) is 3.65. The number of hydrogen-bond donors (Lipinski definition) is 1. The van der Waals surface area contributed by atoms with Crippen LogP contribution in [0.2, 0.25) is 0 Å². The molecule has 1 fully saturated rings. The van der Waals surface area contributed by atoms with Crippen molar-refractivity contribution >= 4 is 12.0 Å². The molecule has 2 unspecified atom stereocenters. The number of nitrogens with zero attached hydrogens (tertiary/aromatic N) is 2. The lowest BCUT2D eigenvalue weighted by molar-refractivity contribution is -0.138. The molecule has 1 aliphatic rings. The predicted molar refractivity (Wildman–Crippen MR) is 69.5 cm³/mol. The number of aliphatic carboxylic acids is 1. The molecule has 0 spiro atoms. The molecule has 0 saturated carbocycles. The molecule has 0 aromatic heterocycles. The van der Waals surface area contributed by atoms with Crippen molar-refractivity contribution in [2.45, 2.75) is 65.1 Å². The van der Waals surface area contributed by atoms with E-state index in [1.807, 2.05) is 25.7 Å². The van der Waals surface area contributed by atoms with Gasteiger partial charge in [0.1, 0.15) is 6.54 Å². The zero-order valence-corrected chi connectivity index (χ0v) is 11.7. The van der Waals surface area contributed by atoms with Crippen LogP contribution >= 0.6 is 0 Å². The van der Waals surface area contributed by atoms with Gasteiger partial charge in [0.05, 0.1) is 0 Å². The third-order valence-electron chi connectivity index (χ3n) is 3.65. The lowest BCUT2D eigenvalue weighted by Gasteiger charge is -2.35. The van der Waals surface area contributed by atoms with Crippen LogP contribution < -0.4 is 0 Å². The van der Waals surface area contributed by atoms with Gasteiger partial charge in [0, 0.05) is 18.1 Å². The molecular formula is C13H24N2O3. The summed E-state index contributed by atoms with van der Waals surface area (Å²) in [5.74, 6) is -0.961. The highest BCUT2D eigenvalue weighted by atomic mass is 16.4. The molecule has 5 heteroatoms. The zero-order chi connectivity index (χ0) is 13.9. The van der Waals surface area contributed by atoms with E-state index in [2.05, 4.69) is 6.92 Å². The number of amides is 2. The smallest absolute Gasteiger partial charge is 0.323 e. The van der Waals surface area contributed by atoms with Crippen molar-refractivity contribution in [3.05, 3.63) is 0 Å². The molecule has 0 radical (unpaired) electrons. The number of carbonyl (C=O) groups is 2. The minimum Gasteiger partial charge on any atom is -0.480 e. The maximum absolute atomic E-state index is 12.5. The minimum absolute atomic E-state index is 0.0982. The summed E-state index contributed by atoms with van der Waals surface area (Å²) in [6.45, 7) is 7.58. The van der Waals surface area contributed by atoms with Crippen LogP contribution in [0.1, 0.15) is 47.0 Å². The quantitative estimate of drug-likeness (QED) is 0.838. The Hall–Kier alpha value is -1.26. The van der Waals surface area contributed by atoms with E-state index < -0.39 is 5.97 Å². The normalized spacial score (nSPS) is 23.5. The van der Waals surface area contributed by atoms with Crippen molar-refractivity contribution in [3.63, 3.8) is 0 Å². The van der Waals surface area contributed by atoms with Crippen molar-refractivity contribution in [2.24, 2.45) is 0 Å². The number of hydrogen-bond acceptors (Lipinski definition) is 2. The first-order valence-electron chi connectivity index (χ1n) is 6.69. The van der Waals surface area contributed by atoms with Crippen LogP contribution in [0, 0.1) is 0 Å². The van der Waals surface area contributed by atoms with Gasteiger partial charge in [0.25, 0.3) is 0 Å². The Balaban J connectivity index is 2.84. The Kier molecular flexibility index (Phi) is 4.99. The Bertz CT molecular complexity index is 317. The second-order valence-electron chi connectivity index (χ2n) is 5.29. The van der Waals surface area contributed by atoms with E-state index in [4.69, 9.17) is 5.11 Å². The first-order valence-corrected chi connectivity index (χ1v) is 6.69.